The second kappa shape index (κ2) is 10.3. The molecule has 0 fully saturated rings. The number of anilines is 2. The maximum absolute atomic E-state index is 12.7. The van der Waals surface area contributed by atoms with E-state index in [1.54, 1.807) is 4.90 Å². The van der Waals surface area contributed by atoms with E-state index in [0.717, 1.165) is 21.8 Å². The van der Waals surface area contributed by atoms with E-state index in [-0.39, 0.29) is 31.1 Å². The van der Waals surface area contributed by atoms with Crippen LogP contribution in [0.1, 0.15) is 25.0 Å². The quantitative estimate of drug-likeness (QED) is 0.570. The van der Waals surface area contributed by atoms with Gasteiger partial charge in [-0.25, -0.2) is 4.98 Å². The maximum Gasteiger partial charge on any atom is 0.227 e. The van der Waals surface area contributed by atoms with Crippen LogP contribution >= 0.6 is 11.3 Å². The zero-order chi connectivity index (χ0) is 21.3. The second-order valence-electron chi connectivity index (χ2n) is 6.64. The van der Waals surface area contributed by atoms with E-state index in [1.165, 1.54) is 11.3 Å². The third-order valence-electron chi connectivity index (χ3n) is 4.46. The summed E-state index contributed by atoms with van der Waals surface area (Å²) >= 11 is 1.42. The first-order chi connectivity index (χ1) is 14.6. The molecule has 152 valence electrons. The zero-order valence-corrected chi connectivity index (χ0v) is 17.5. The number of benzene rings is 2. The molecule has 0 saturated heterocycles. The normalized spacial score (nSPS) is 10.3. The van der Waals surface area contributed by atoms with Crippen LogP contribution in [0.15, 0.2) is 60.7 Å². The molecule has 0 aliphatic heterocycles. The minimum atomic E-state index is -0.259. The first kappa shape index (κ1) is 21.2. The molecule has 7 heteroatoms. The lowest BCUT2D eigenvalue weighted by Gasteiger charge is -2.21. The van der Waals surface area contributed by atoms with Crippen LogP contribution in [0.2, 0.25) is 0 Å². The van der Waals surface area contributed by atoms with Crippen LogP contribution in [0.5, 0.6) is 0 Å². The van der Waals surface area contributed by atoms with Gasteiger partial charge in [0.2, 0.25) is 11.8 Å². The van der Waals surface area contributed by atoms with E-state index in [2.05, 4.69) is 16.4 Å². The van der Waals surface area contributed by atoms with E-state index < -0.39 is 0 Å². The minimum absolute atomic E-state index is 0.0496. The number of nitrogens with one attached hydrogen (secondary N) is 1. The Kier molecular flexibility index (Phi) is 7.30. The number of hydrogen-bond donors (Lipinski definition) is 1. The fourth-order valence-corrected chi connectivity index (χ4v) is 4.00. The van der Waals surface area contributed by atoms with Crippen LogP contribution < -0.4 is 10.2 Å². The Hall–Kier alpha value is -3.50. The van der Waals surface area contributed by atoms with E-state index >= 15 is 0 Å². The Morgan fingerprint density at radius 1 is 1.07 bits per heavy atom. The maximum atomic E-state index is 12.7. The van der Waals surface area contributed by atoms with Crippen molar-refractivity contribution in [3.05, 3.63) is 66.4 Å². The van der Waals surface area contributed by atoms with Gasteiger partial charge < -0.3 is 10.2 Å². The lowest BCUT2D eigenvalue weighted by molar-refractivity contribution is -0.122. The van der Waals surface area contributed by atoms with Gasteiger partial charge in [0, 0.05) is 25.1 Å². The molecule has 0 saturated carbocycles. The van der Waals surface area contributed by atoms with Gasteiger partial charge in [-0.05, 0) is 24.6 Å². The van der Waals surface area contributed by atoms with Gasteiger partial charge in [0.1, 0.15) is 0 Å². The van der Waals surface area contributed by atoms with Crippen LogP contribution in [-0.2, 0) is 9.59 Å². The van der Waals surface area contributed by atoms with Gasteiger partial charge in [-0.2, -0.15) is 5.26 Å². The smallest absolute Gasteiger partial charge is 0.227 e. The highest BCUT2D eigenvalue weighted by Crippen LogP contribution is 2.32. The van der Waals surface area contributed by atoms with Crippen molar-refractivity contribution < 1.29 is 9.59 Å². The monoisotopic (exact) mass is 418 g/mol. The Morgan fingerprint density at radius 3 is 2.40 bits per heavy atom. The summed E-state index contributed by atoms with van der Waals surface area (Å²) in [6.45, 7) is 2.21. The average molecular weight is 419 g/mol. The highest BCUT2D eigenvalue weighted by molar-refractivity contribution is 7.19. The molecule has 0 aliphatic carbocycles. The molecule has 2 amide bonds. The Bertz CT molecular complexity index is 1040. The first-order valence-electron chi connectivity index (χ1n) is 9.63. The molecule has 0 bridgehead atoms. The fourth-order valence-electron chi connectivity index (χ4n) is 3.01. The summed E-state index contributed by atoms with van der Waals surface area (Å²) in [7, 11) is 0. The number of hydrogen-bond acceptors (Lipinski definition) is 5. The highest BCUT2D eigenvalue weighted by atomic mass is 32.1. The Labute approximate surface area is 179 Å². The van der Waals surface area contributed by atoms with Crippen LogP contribution in [0.3, 0.4) is 0 Å². The van der Waals surface area contributed by atoms with E-state index in [1.807, 2.05) is 67.6 Å². The summed E-state index contributed by atoms with van der Waals surface area (Å²) in [6.07, 6.45) is 0.337. The van der Waals surface area contributed by atoms with Crippen molar-refractivity contribution in [3.63, 3.8) is 0 Å². The Balaban J connectivity index is 1.60. The number of nitriles is 1. The lowest BCUT2D eigenvalue weighted by atomic mass is 10.2. The van der Waals surface area contributed by atoms with E-state index in [9.17, 15) is 9.59 Å². The molecule has 30 heavy (non-hydrogen) atoms. The molecule has 1 heterocycles. The van der Waals surface area contributed by atoms with Crippen LogP contribution in [0.4, 0.5) is 10.8 Å². The zero-order valence-electron chi connectivity index (χ0n) is 16.7. The number of nitrogens with zero attached hydrogens (tertiary/aromatic N) is 3. The number of rotatable bonds is 8. The molecule has 0 spiro atoms. The first-order valence-corrected chi connectivity index (χ1v) is 10.4. The van der Waals surface area contributed by atoms with Crippen molar-refractivity contribution in [3.8, 4) is 16.5 Å². The molecule has 0 unspecified atom stereocenters. The van der Waals surface area contributed by atoms with Gasteiger partial charge in [0.15, 0.2) is 5.13 Å². The Morgan fingerprint density at radius 2 is 1.73 bits per heavy atom. The standard InChI is InChI=1S/C23H22N4O2S/c1-17-22(18-9-4-2-5-10-18)30-23(25-17)26-20(28)13-14-21(29)27(16-8-15-24)19-11-6-3-7-12-19/h2-7,9-12H,8,13-14,16H2,1H3,(H,25,26,28). The molecule has 3 aromatic rings. The summed E-state index contributed by atoms with van der Waals surface area (Å²) in [5, 5.41) is 12.2. The summed E-state index contributed by atoms with van der Waals surface area (Å²) in [5.41, 5.74) is 2.63. The molecule has 6 nitrogen and oxygen atoms in total. The topological polar surface area (TPSA) is 86.1 Å². The molecule has 0 radical (unpaired) electrons. The highest BCUT2D eigenvalue weighted by Gasteiger charge is 2.18. The van der Waals surface area contributed by atoms with Crippen molar-refractivity contribution in [2.75, 3.05) is 16.8 Å². The minimum Gasteiger partial charge on any atom is -0.311 e. The van der Waals surface area contributed by atoms with Crippen molar-refractivity contribution in [1.82, 2.24) is 4.98 Å². The van der Waals surface area contributed by atoms with Gasteiger partial charge >= 0.3 is 0 Å². The van der Waals surface area contributed by atoms with Crippen LogP contribution in [-0.4, -0.2) is 23.3 Å². The average Bonchev–Trinajstić information content (AvgIpc) is 3.13. The van der Waals surface area contributed by atoms with Gasteiger partial charge in [0.05, 0.1) is 23.1 Å². The predicted molar refractivity (Wildman–Crippen MR) is 119 cm³/mol. The molecule has 3 rings (SSSR count). The molecule has 0 aliphatic rings. The lowest BCUT2D eigenvalue weighted by Crippen LogP contribution is -2.32. The van der Waals surface area contributed by atoms with Gasteiger partial charge in [-0.15, -0.1) is 0 Å². The van der Waals surface area contributed by atoms with Crippen molar-refractivity contribution in [1.29, 1.82) is 5.26 Å². The van der Waals surface area contributed by atoms with Gasteiger partial charge in [-0.1, -0.05) is 59.9 Å². The van der Waals surface area contributed by atoms with E-state index in [4.69, 9.17) is 5.26 Å². The van der Waals surface area contributed by atoms with E-state index in [0.29, 0.717) is 11.7 Å². The predicted octanol–water partition coefficient (Wildman–Crippen LogP) is 4.78. The van der Waals surface area contributed by atoms with Crippen molar-refractivity contribution >= 4 is 34.0 Å². The SMILES string of the molecule is Cc1nc(NC(=O)CCC(=O)N(CCC#N)c2ccccc2)sc1-c1ccccc1. The number of carbonyl (C=O) groups excluding carboxylic acids is 2. The number of amides is 2. The van der Waals surface area contributed by atoms with Crippen LogP contribution in [0, 0.1) is 18.3 Å². The number of aryl methyl sites for hydroxylation is 1. The third-order valence-corrected chi connectivity index (χ3v) is 5.58. The molecular weight excluding hydrogens is 396 g/mol. The van der Waals surface area contributed by atoms with Crippen molar-refractivity contribution in [2.45, 2.75) is 26.2 Å². The number of thiazole rings is 1. The summed E-state index contributed by atoms with van der Waals surface area (Å²) in [4.78, 5) is 32.0. The number of para-hydroxylation sites is 1. The van der Waals surface area contributed by atoms with Gasteiger partial charge in [-0.3, -0.25) is 9.59 Å². The molecule has 2 aromatic carbocycles. The summed E-state index contributed by atoms with van der Waals surface area (Å²) in [6, 6.07) is 21.1. The largest absolute Gasteiger partial charge is 0.311 e. The molecule has 1 N–H and O–H groups in total. The molecule has 1 aromatic heterocycles. The molecule has 0 atom stereocenters. The second-order valence-corrected chi connectivity index (χ2v) is 7.64. The van der Waals surface area contributed by atoms with Crippen LogP contribution in [0.25, 0.3) is 10.4 Å². The summed E-state index contributed by atoms with van der Waals surface area (Å²) in [5.74, 6) is -0.447. The fraction of sp³-hybridized carbons (Fsp3) is 0.217. The third kappa shape index (κ3) is 5.52. The molecular formula is C23H22N4O2S. The number of carbonyl (C=O) groups is 2. The summed E-state index contributed by atoms with van der Waals surface area (Å²) < 4.78 is 0. The van der Waals surface area contributed by atoms with Gasteiger partial charge in [0.25, 0.3) is 0 Å². The number of aromatic nitrogens is 1. The van der Waals surface area contributed by atoms with Crippen molar-refractivity contribution in [2.24, 2.45) is 0 Å².